The Morgan fingerprint density at radius 1 is 1.48 bits per heavy atom. The first-order valence-corrected chi connectivity index (χ1v) is 7.45. The number of nitrogens with one attached hydrogen (secondary N) is 1. The molecule has 1 fully saturated rings. The Morgan fingerprint density at radius 2 is 2.33 bits per heavy atom. The number of aromatic nitrogens is 2. The lowest BCUT2D eigenvalue weighted by molar-refractivity contribution is 0.0282. The number of hydrogen-bond acceptors (Lipinski definition) is 5. The number of pyridine rings is 2. The molecular weight excluding hydrogens is 264 g/mol. The van der Waals surface area contributed by atoms with Crippen molar-refractivity contribution in [3.63, 3.8) is 0 Å². The molecule has 0 amide bonds. The topological polar surface area (TPSA) is 61.3 Å². The van der Waals surface area contributed by atoms with Crippen LogP contribution in [0.4, 0.5) is 5.69 Å². The van der Waals surface area contributed by atoms with E-state index in [1.54, 1.807) is 6.20 Å². The molecule has 2 aromatic rings. The summed E-state index contributed by atoms with van der Waals surface area (Å²) in [5.41, 5.74) is 2.41. The molecule has 0 aromatic carbocycles. The summed E-state index contributed by atoms with van der Waals surface area (Å²) in [4.78, 5) is 11.1. The minimum absolute atomic E-state index is 0.615. The molecule has 0 spiro atoms. The zero-order chi connectivity index (χ0) is 14.9. The van der Waals surface area contributed by atoms with Crippen LogP contribution in [0.15, 0.2) is 24.5 Å². The number of hydrogen-bond donors (Lipinski definition) is 2. The van der Waals surface area contributed by atoms with Crippen molar-refractivity contribution in [3.05, 3.63) is 30.2 Å². The third kappa shape index (κ3) is 2.84. The fourth-order valence-electron chi connectivity index (χ4n) is 3.23. The zero-order valence-corrected chi connectivity index (χ0v) is 12.6. The van der Waals surface area contributed by atoms with Crippen molar-refractivity contribution in [2.24, 2.45) is 0 Å². The number of β-amino-alcohol motifs (C(OH)–C–C–N with tert-alkyl or cyclic N) is 1. The number of fused-ring (bicyclic) bond motifs is 1. The molecule has 3 heterocycles. The summed E-state index contributed by atoms with van der Waals surface area (Å²) in [5.74, 6) is 0. The van der Waals surface area contributed by atoms with E-state index >= 15 is 0 Å². The van der Waals surface area contributed by atoms with Gasteiger partial charge in [0.2, 0.25) is 0 Å². The first-order chi connectivity index (χ1) is 10.1. The fraction of sp³-hybridized carbons (Fsp3) is 0.500. The van der Waals surface area contributed by atoms with E-state index in [1.165, 1.54) is 0 Å². The van der Waals surface area contributed by atoms with Gasteiger partial charge in [0.1, 0.15) is 0 Å². The van der Waals surface area contributed by atoms with E-state index < -0.39 is 5.60 Å². The molecule has 2 aromatic heterocycles. The number of piperidine rings is 1. The lowest BCUT2D eigenvalue weighted by atomic mass is 9.92. The molecule has 2 N–H and O–H groups in total. The van der Waals surface area contributed by atoms with Crippen LogP contribution < -0.4 is 10.2 Å². The van der Waals surface area contributed by atoms with Crippen molar-refractivity contribution >= 4 is 16.6 Å². The zero-order valence-electron chi connectivity index (χ0n) is 12.6. The van der Waals surface area contributed by atoms with Crippen LogP contribution in [0.5, 0.6) is 0 Å². The number of aliphatic hydroxyl groups is 1. The van der Waals surface area contributed by atoms with Crippen LogP contribution in [0.3, 0.4) is 0 Å². The second-order valence-electron chi connectivity index (χ2n) is 5.96. The number of aryl methyl sites for hydroxylation is 1. The van der Waals surface area contributed by atoms with Crippen molar-refractivity contribution in [2.45, 2.75) is 25.4 Å². The van der Waals surface area contributed by atoms with Crippen molar-refractivity contribution in [1.29, 1.82) is 0 Å². The summed E-state index contributed by atoms with van der Waals surface area (Å²) >= 11 is 0. The molecule has 5 heteroatoms. The standard InChI is InChI=1S/C16H22N4O/c1-12-8-15(13-9-18-6-4-14(13)19-12)20-7-3-5-16(21,11-20)10-17-2/h4,6,8-9,17,21H,3,5,7,10-11H2,1-2H3/t16-/m1/s1. The second kappa shape index (κ2) is 5.58. The summed E-state index contributed by atoms with van der Waals surface area (Å²) in [7, 11) is 1.88. The minimum Gasteiger partial charge on any atom is -0.387 e. The molecule has 0 unspecified atom stereocenters. The Hall–Kier alpha value is -1.72. The van der Waals surface area contributed by atoms with Gasteiger partial charge in [-0.2, -0.15) is 0 Å². The summed E-state index contributed by atoms with van der Waals surface area (Å²) in [5, 5.41) is 14.9. The SMILES string of the molecule is CNC[C@]1(O)CCCN(c2cc(C)nc3ccncc23)C1. The van der Waals surface area contributed by atoms with Crippen molar-refractivity contribution < 1.29 is 5.11 Å². The van der Waals surface area contributed by atoms with Gasteiger partial charge in [-0.15, -0.1) is 0 Å². The van der Waals surface area contributed by atoms with Crippen molar-refractivity contribution in [3.8, 4) is 0 Å². The predicted octanol–water partition coefficient (Wildman–Crippen LogP) is 1.49. The lowest BCUT2D eigenvalue weighted by Gasteiger charge is -2.40. The number of likely N-dealkylation sites (N-methyl/N-ethyl adjacent to an activating group) is 1. The first kappa shape index (κ1) is 14.2. The smallest absolute Gasteiger partial charge is 0.0945 e. The number of rotatable bonds is 3. The Morgan fingerprint density at radius 3 is 3.14 bits per heavy atom. The second-order valence-corrected chi connectivity index (χ2v) is 5.96. The molecular formula is C16H22N4O. The monoisotopic (exact) mass is 286 g/mol. The van der Waals surface area contributed by atoms with Crippen LogP contribution in [0.2, 0.25) is 0 Å². The van der Waals surface area contributed by atoms with Gasteiger partial charge >= 0.3 is 0 Å². The van der Waals surface area contributed by atoms with Crippen LogP contribution in [0.25, 0.3) is 10.9 Å². The summed E-state index contributed by atoms with van der Waals surface area (Å²) in [6, 6.07) is 4.03. The van der Waals surface area contributed by atoms with E-state index in [0.717, 1.165) is 41.7 Å². The molecule has 0 bridgehead atoms. The molecule has 21 heavy (non-hydrogen) atoms. The highest BCUT2D eigenvalue weighted by molar-refractivity contribution is 5.91. The van der Waals surface area contributed by atoms with Crippen molar-refractivity contribution in [2.75, 3.05) is 31.6 Å². The molecule has 5 nitrogen and oxygen atoms in total. The molecule has 0 saturated carbocycles. The average molecular weight is 286 g/mol. The van der Waals surface area contributed by atoms with Gasteiger partial charge < -0.3 is 15.3 Å². The molecule has 1 aliphatic rings. The highest BCUT2D eigenvalue weighted by atomic mass is 16.3. The van der Waals surface area contributed by atoms with E-state index in [2.05, 4.69) is 26.3 Å². The van der Waals surface area contributed by atoms with Crippen LogP contribution in [-0.2, 0) is 0 Å². The van der Waals surface area contributed by atoms with Crippen LogP contribution in [-0.4, -0.2) is 47.4 Å². The van der Waals surface area contributed by atoms with Crippen LogP contribution >= 0.6 is 0 Å². The average Bonchev–Trinajstić information content (AvgIpc) is 2.46. The maximum atomic E-state index is 10.7. The normalized spacial score (nSPS) is 22.7. The van der Waals surface area contributed by atoms with Gasteiger partial charge in [-0.3, -0.25) is 9.97 Å². The van der Waals surface area contributed by atoms with Gasteiger partial charge in [0.05, 0.1) is 11.1 Å². The Bertz CT molecular complexity index is 641. The van der Waals surface area contributed by atoms with Gasteiger partial charge in [-0.25, -0.2) is 0 Å². The summed E-state index contributed by atoms with van der Waals surface area (Å²) in [6.45, 7) is 4.22. The largest absolute Gasteiger partial charge is 0.387 e. The third-order valence-electron chi connectivity index (χ3n) is 4.12. The van der Waals surface area contributed by atoms with Gasteiger partial charge in [-0.05, 0) is 38.9 Å². The molecule has 0 aliphatic carbocycles. The van der Waals surface area contributed by atoms with Gasteiger partial charge in [-0.1, -0.05) is 0 Å². The molecule has 1 aliphatic heterocycles. The maximum absolute atomic E-state index is 10.7. The van der Waals surface area contributed by atoms with E-state index in [4.69, 9.17) is 0 Å². The molecule has 1 saturated heterocycles. The molecule has 0 radical (unpaired) electrons. The highest BCUT2D eigenvalue weighted by Crippen LogP contribution is 2.31. The Balaban J connectivity index is 2.00. The fourth-order valence-corrected chi connectivity index (χ4v) is 3.23. The van der Waals surface area contributed by atoms with Gasteiger partial charge in [0.15, 0.2) is 0 Å². The maximum Gasteiger partial charge on any atom is 0.0945 e. The van der Waals surface area contributed by atoms with E-state index in [-0.39, 0.29) is 0 Å². The molecule has 3 rings (SSSR count). The van der Waals surface area contributed by atoms with Gasteiger partial charge in [0.25, 0.3) is 0 Å². The highest BCUT2D eigenvalue weighted by Gasteiger charge is 2.33. The lowest BCUT2D eigenvalue weighted by Crippen LogP contribution is -2.53. The summed E-state index contributed by atoms with van der Waals surface area (Å²) < 4.78 is 0. The third-order valence-corrected chi connectivity index (χ3v) is 4.12. The molecule has 1 atom stereocenters. The van der Waals surface area contributed by atoms with Gasteiger partial charge in [0, 0.05) is 48.8 Å². The Kier molecular flexibility index (Phi) is 3.78. The summed E-state index contributed by atoms with van der Waals surface area (Å²) in [6.07, 6.45) is 5.46. The van der Waals surface area contributed by atoms with E-state index in [1.807, 2.05) is 26.2 Å². The van der Waals surface area contributed by atoms with E-state index in [0.29, 0.717) is 13.1 Å². The minimum atomic E-state index is -0.668. The van der Waals surface area contributed by atoms with Crippen molar-refractivity contribution in [1.82, 2.24) is 15.3 Å². The quantitative estimate of drug-likeness (QED) is 0.895. The number of nitrogens with zero attached hydrogens (tertiary/aromatic N) is 3. The predicted molar refractivity (Wildman–Crippen MR) is 84.6 cm³/mol. The Labute approximate surface area is 125 Å². The first-order valence-electron chi connectivity index (χ1n) is 7.45. The molecule has 112 valence electrons. The van der Waals surface area contributed by atoms with Crippen LogP contribution in [0, 0.1) is 6.92 Å². The number of anilines is 1. The van der Waals surface area contributed by atoms with Crippen LogP contribution in [0.1, 0.15) is 18.5 Å². The van der Waals surface area contributed by atoms with E-state index in [9.17, 15) is 5.11 Å².